The van der Waals surface area contributed by atoms with Gasteiger partial charge in [-0.3, -0.25) is 14.4 Å². The molecule has 0 spiro atoms. The molecule has 0 saturated carbocycles. The van der Waals surface area contributed by atoms with Gasteiger partial charge in [0.05, 0.1) is 11.3 Å². The second kappa shape index (κ2) is 6.74. The average molecular weight is 331 g/mol. The van der Waals surface area contributed by atoms with Crippen molar-refractivity contribution in [1.82, 2.24) is 5.32 Å². The molecule has 0 unspecified atom stereocenters. The zero-order valence-corrected chi connectivity index (χ0v) is 14.1. The first-order valence-electron chi connectivity index (χ1n) is 7.68. The van der Waals surface area contributed by atoms with Crippen LogP contribution >= 0.6 is 0 Å². The molecule has 0 saturated heterocycles. The molecule has 0 heterocycles. The maximum Gasteiger partial charge on any atom is 0.254 e. The van der Waals surface area contributed by atoms with Gasteiger partial charge in [-0.2, -0.15) is 0 Å². The molecule has 2 aromatic rings. The predicted octanol–water partition coefficient (Wildman–Crippen LogP) is 1.55. The molecular formula is C17H21N3O4. The van der Waals surface area contributed by atoms with Crippen molar-refractivity contribution >= 4 is 23.0 Å². The van der Waals surface area contributed by atoms with Gasteiger partial charge in [0.15, 0.2) is 5.75 Å². The molecule has 7 heteroatoms. The van der Waals surface area contributed by atoms with E-state index >= 15 is 0 Å². The molecule has 0 radical (unpaired) electrons. The average Bonchev–Trinajstić information content (AvgIpc) is 2.57. The number of amides is 1. The Morgan fingerprint density at radius 3 is 2.29 bits per heavy atom. The highest BCUT2D eigenvalue weighted by Gasteiger charge is 2.24. The summed E-state index contributed by atoms with van der Waals surface area (Å²) in [5, 5.41) is 18.4. The summed E-state index contributed by atoms with van der Waals surface area (Å²) < 4.78 is 0. The fourth-order valence-corrected chi connectivity index (χ4v) is 2.14. The summed E-state index contributed by atoms with van der Waals surface area (Å²) in [6.45, 7) is 5.90. The summed E-state index contributed by atoms with van der Waals surface area (Å²) in [5.41, 5.74) is -0.692. The van der Waals surface area contributed by atoms with Gasteiger partial charge in [-0.05, 0) is 25.0 Å². The fourth-order valence-electron chi connectivity index (χ4n) is 2.14. The van der Waals surface area contributed by atoms with E-state index in [1.807, 2.05) is 20.8 Å². The molecule has 1 amide bonds. The van der Waals surface area contributed by atoms with Crippen molar-refractivity contribution in [2.45, 2.75) is 26.8 Å². The Hall–Kier alpha value is -2.83. The Morgan fingerprint density at radius 2 is 1.71 bits per heavy atom. The fraction of sp³-hybridized carbons (Fsp3) is 0.353. The van der Waals surface area contributed by atoms with E-state index in [1.165, 1.54) is 19.2 Å². The normalized spacial score (nSPS) is 12.2. The number of rotatable bonds is 6. The van der Waals surface area contributed by atoms with Gasteiger partial charge >= 0.3 is 0 Å². The maximum atomic E-state index is 11.8. The van der Waals surface area contributed by atoms with Gasteiger partial charge in [0.1, 0.15) is 11.4 Å². The second-order valence-electron chi connectivity index (χ2n) is 5.99. The first kappa shape index (κ1) is 17.5. The number of benzene rings is 1. The van der Waals surface area contributed by atoms with Crippen LogP contribution in [0.25, 0.3) is 0 Å². The maximum absolute atomic E-state index is 11.8. The molecule has 0 bridgehead atoms. The molecule has 0 aliphatic carbocycles. The molecule has 0 aliphatic heterocycles. The third-order valence-corrected chi connectivity index (χ3v) is 4.05. The number of hydrogen-bond acceptors (Lipinski definition) is 6. The van der Waals surface area contributed by atoms with Gasteiger partial charge in [0.2, 0.25) is 0 Å². The lowest BCUT2D eigenvalue weighted by molar-refractivity contribution is 0.0960. The van der Waals surface area contributed by atoms with Crippen LogP contribution in [-0.4, -0.2) is 24.1 Å². The largest absolute Gasteiger partial charge is 0.505 e. The van der Waals surface area contributed by atoms with Crippen molar-refractivity contribution in [2.75, 3.05) is 17.7 Å². The summed E-state index contributed by atoms with van der Waals surface area (Å²) in [5.74, 6) is -0.465. The van der Waals surface area contributed by atoms with E-state index in [4.69, 9.17) is 0 Å². The molecule has 128 valence electrons. The number of carbonyl (C=O) groups excluding carboxylic acids is 1. The standard InChI is InChI=1S/C17H21N3O4/c1-8(2)9(3)19-12-13(16(23)15(12)22)20-11-7-5-6-10(14(11)21)17(24)18-4/h5-9,19-21H,1-4H3,(H,18,24)/t9-/m1/s1. The highest BCUT2D eigenvalue weighted by atomic mass is 16.3. The van der Waals surface area contributed by atoms with Crippen LogP contribution in [0.1, 0.15) is 31.1 Å². The number of hydrogen-bond donors (Lipinski definition) is 4. The molecule has 4 N–H and O–H groups in total. The van der Waals surface area contributed by atoms with Crippen LogP contribution in [-0.2, 0) is 0 Å². The minimum Gasteiger partial charge on any atom is -0.505 e. The monoisotopic (exact) mass is 331 g/mol. The van der Waals surface area contributed by atoms with Crippen LogP contribution in [0.2, 0.25) is 0 Å². The summed E-state index contributed by atoms with van der Waals surface area (Å²) in [6, 6.07) is 4.55. The van der Waals surface area contributed by atoms with Crippen molar-refractivity contribution in [3.05, 3.63) is 44.2 Å². The smallest absolute Gasteiger partial charge is 0.254 e. The Morgan fingerprint density at radius 1 is 1.08 bits per heavy atom. The first-order chi connectivity index (χ1) is 11.3. The predicted molar refractivity (Wildman–Crippen MR) is 94.1 cm³/mol. The van der Waals surface area contributed by atoms with Crippen molar-refractivity contribution < 1.29 is 9.90 Å². The Kier molecular flexibility index (Phi) is 4.92. The van der Waals surface area contributed by atoms with E-state index in [-0.39, 0.29) is 40.3 Å². The van der Waals surface area contributed by atoms with E-state index in [1.54, 1.807) is 6.07 Å². The summed E-state index contributed by atoms with van der Waals surface area (Å²) in [4.78, 5) is 35.3. The molecular weight excluding hydrogens is 310 g/mol. The van der Waals surface area contributed by atoms with E-state index < -0.39 is 16.8 Å². The van der Waals surface area contributed by atoms with Crippen molar-refractivity contribution in [3.63, 3.8) is 0 Å². The lowest BCUT2D eigenvalue weighted by Crippen LogP contribution is -2.39. The van der Waals surface area contributed by atoms with E-state index in [0.29, 0.717) is 0 Å². The molecule has 7 nitrogen and oxygen atoms in total. The number of nitrogens with one attached hydrogen (secondary N) is 3. The van der Waals surface area contributed by atoms with Crippen LogP contribution in [0, 0.1) is 5.92 Å². The van der Waals surface area contributed by atoms with Crippen LogP contribution < -0.4 is 26.8 Å². The number of phenols is 1. The molecule has 1 atom stereocenters. The number of anilines is 3. The SMILES string of the molecule is CNC(=O)c1cccc(Nc2c(N[C@H](C)C(C)C)c(=O)c2=O)c1O. The third kappa shape index (κ3) is 3.10. The van der Waals surface area contributed by atoms with Crippen molar-refractivity contribution in [1.29, 1.82) is 0 Å². The second-order valence-corrected chi connectivity index (χ2v) is 5.99. The van der Waals surface area contributed by atoms with Gasteiger partial charge in [-0.25, -0.2) is 0 Å². The summed E-state index contributed by atoms with van der Waals surface area (Å²) in [7, 11) is 1.45. The zero-order chi connectivity index (χ0) is 18.0. The quantitative estimate of drug-likeness (QED) is 0.472. The van der Waals surface area contributed by atoms with Crippen LogP contribution in [0.4, 0.5) is 17.1 Å². The number of aromatic hydroxyl groups is 1. The Labute approximate surface area is 139 Å². The molecule has 0 aliphatic rings. The summed E-state index contributed by atoms with van der Waals surface area (Å²) >= 11 is 0. The zero-order valence-electron chi connectivity index (χ0n) is 14.1. The highest BCUT2D eigenvalue weighted by molar-refractivity contribution is 5.99. The van der Waals surface area contributed by atoms with E-state index in [9.17, 15) is 19.5 Å². The topological polar surface area (TPSA) is 108 Å². The molecule has 2 aromatic carbocycles. The van der Waals surface area contributed by atoms with Crippen LogP contribution in [0.3, 0.4) is 0 Å². The van der Waals surface area contributed by atoms with Crippen LogP contribution in [0.5, 0.6) is 5.75 Å². The summed E-state index contributed by atoms with van der Waals surface area (Å²) in [6.07, 6.45) is 0. The van der Waals surface area contributed by atoms with Gasteiger partial charge < -0.3 is 21.1 Å². The number of phenolic OH excluding ortho intramolecular Hbond substituents is 1. The van der Waals surface area contributed by atoms with Crippen molar-refractivity contribution in [3.8, 4) is 5.75 Å². The minimum absolute atomic E-state index is 0.000324. The molecule has 2 rings (SSSR count). The minimum atomic E-state index is -0.654. The number of para-hydroxylation sites is 1. The first-order valence-corrected chi connectivity index (χ1v) is 7.68. The Bertz CT molecular complexity index is 835. The van der Waals surface area contributed by atoms with Gasteiger partial charge in [0.25, 0.3) is 16.8 Å². The lowest BCUT2D eigenvalue weighted by Gasteiger charge is -2.22. The lowest BCUT2D eigenvalue weighted by atomic mass is 10.0. The highest BCUT2D eigenvalue weighted by Crippen LogP contribution is 2.31. The van der Waals surface area contributed by atoms with Gasteiger partial charge in [-0.15, -0.1) is 0 Å². The van der Waals surface area contributed by atoms with Crippen molar-refractivity contribution in [2.24, 2.45) is 5.92 Å². The Balaban J connectivity index is 2.34. The molecule has 0 fully saturated rings. The third-order valence-electron chi connectivity index (χ3n) is 4.05. The van der Waals surface area contributed by atoms with E-state index in [2.05, 4.69) is 16.0 Å². The number of carbonyl (C=O) groups is 1. The van der Waals surface area contributed by atoms with Crippen LogP contribution in [0.15, 0.2) is 27.8 Å². The molecule has 24 heavy (non-hydrogen) atoms. The van der Waals surface area contributed by atoms with Gasteiger partial charge in [0, 0.05) is 13.1 Å². The molecule has 0 aromatic heterocycles. The van der Waals surface area contributed by atoms with E-state index in [0.717, 1.165) is 0 Å². The van der Waals surface area contributed by atoms with Gasteiger partial charge in [-0.1, -0.05) is 19.9 Å².